The van der Waals surface area contributed by atoms with Crippen molar-refractivity contribution in [1.29, 1.82) is 0 Å². The molecule has 0 aromatic heterocycles. The van der Waals surface area contributed by atoms with Gasteiger partial charge in [-0.15, -0.1) is 0 Å². The van der Waals surface area contributed by atoms with Gasteiger partial charge in [0.05, 0.1) is 29.5 Å². The molecular formula is C18H22N2O4S. The fourth-order valence-corrected chi connectivity index (χ4v) is 3.49. The summed E-state index contributed by atoms with van der Waals surface area (Å²) in [6.07, 6.45) is 1.26. The topological polar surface area (TPSA) is 75.7 Å². The molecule has 1 heterocycles. The van der Waals surface area contributed by atoms with E-state index in [1.807, 2.05) is 38.1 Å². The van der Waals surface area contributed by atoms with E-state index in [2.05, 4.69) is 5.32 Å². The second-order valence-corrected chi connectivity index (χ2v) is 6.64. The monoisotopic (exact) mass is 362 g/mol. The molecule has 134 valence electrons. The minimum Gasteiger partial charge on any atom is -0.463 e. The molecule has 6 nitrogen and oxygen atoms in total. The Morgan fingerprint density at radius 1 is 1.40 bits per heavy atom. The molecule has 7 heteroatoms. The second-order valence-electron chi connectivity index (χ2n) is 5.65. The summed E-state index contributed by atoms with van der Waals surface area (Å²) in [5, 5.41) is 3.34. The smallest absolute Gasteiger partial charge is 0.333 e. The number of rotatable bonds is 6. The number of esters is 1. The molecule has 1 fully saturated rings. The lowest BCUT2D eigenvalue weighted by atomic mass is 10.0. The third kappa shape index (κ3) is 5.09. The van der Waals surface area contributed by atoms with Crippen molar-refractivity contribution in [3.63, 3.8) is 0 Å². The summed E-state index contributed by atoms with van der Waals surface area (Å²) in [6, 6.07) is 7.64. The lowest BCUT2D eigenvalue weighted by molar-refractivity contribution is -0.137. The molecule has 0 bridgehead atoms. The van der Waals surface area contributed by atoms with E-state index in [4.69, 9.17) is 4.74 Å². The van der Waals surface area contributed by atoms with Gasteiger partial charge in [0, 0.05) is 0 Å². The van der Waals surface area contributed by atoms with Crippen LogP contribution in [-0.2, 0) is 19.1 Å². The highest BCUT2D eigenvalue weighted by molar-refractivity contribution is 8.04. The number of nitrogens with zero attached hydrogens (tertiary/aromatic N) is 1. The van der Waals surface area contributed by atoms with Gasteiger partial charge in [0.1, 0.15) is 6.54 Å². The molecule has 1 aromatic carbocycles. The van der Waals surface area contributed by atoms with Crippen LogP contribution in [0, 0.1) is 6.92 Å². The van der Waals surface area contributed by atoms with Crippen molar-refractivity contribution in [3.8, 4) is 0 Å². The normalized spacial score (nSPS) is 16.8. The van der Waals surface area contributed by atoms with Crippen molar-refractivity contribution in [3.05, 3.63) is 46.5 Å². The second kappa shape index (κ2) is 8.71. The van der Waals surface area contributed by atoms with Crippen LogP contribution in [0.15, 0.2) is 35.4 Å². The van der Waals surface area contributed by atoms with E-state index in [0.717, 1.165) is 11.1 Å². The highest BCUT2D eigenvalue weighted by Crippen LogP contribution is 2.28. The maximum atomic E-state index is 12.3. The van der Waals surface area contributed by atoms with Gasteiger partial charge in [-0.3, -0.25) is 14.5 Å². The Labute approximate surface area is 151 Å². The summed E-state index contributed by atoms with van der Waals surface area (Å²) < 4.78 is 4.86. The average molecular weight is 362 g/mol. The standard InChI is InChI=1S/C18H22N2O4S/c1-4-24-18(23)9-17-20(16(22)11-25-17)10-15(21)19-13(3)14-8-6-5-7-12(14)2/h5-9,13H,4,10-11H2,1-3H3,(H,19,21)/b17-9-. The van der Waals surface area contributed by atoms with Crippen LogP contribution in [0.25, 0.3) is 0 Å². The van der Waals surface area contributed by atoms with Gasteiger partial charge in [0.15, 0.2) is 0 Å². The van der Waals surface area contributed by atoms with E-state index >= 15 is 0 Å². The Bertz CT molecular complexity index is 702. The molecule has 2 rings (SSSR count). The summed E-state index contributed by atoms with van der Waals surface area (Å²) in [6.45, 7) is 5.74. The molecule has 0 radical (unpaired) electrons. The summed E-state index contributed by atoms with van der Waals surface area (Å²) in [4.78, 5) is 37.2. The van der Waals surface area contributed by atoms with Gasteiger partial charge in [-0.25, -0.2) is 4.79 Å². The first-order valence-corrected chi connectivity index (χ1v) is 9.07. The molecule has 0 aliphatic carbocycles. The number of carbonyl (C=O) groups is 3. The van der Waals surface area contributed by atoms with Crippen molar-refractivity contribution in [2.24, 2.45) is 0 Å². The number of aryl methyl sites for hydroxylation is 1. The lowest BCUT2D eigenvalue weighted by Gasteiger charge is -2.20. The van der Waals surface area contributed by atoms with Crippen LogP contribution < -0.4 is 5.32 Å². The number of carbonyl (C=O) groups excluding carboxylic acids is 3. The predicted octanol–water partition coefficient (Wildman–Crippen LogP) is 2.15. The van der Waals surface area contributed by atoms with Crippen LogP contribution in [0.5, 0.6) is 0 Å². The van der Waals surface area contributed by atoms with Crippen LogP contribution in [0.1, 0.15) is 31.0 Å². The van der Waals surface area contributed by atoms with E-state index in [-0.39, 0.29) is 36.8 Å². The number of hydrogen-bond acceptors (Lipinski definition) is 5. The third-order valence-electron chi connectivity index (χ3n) is 3.77. The van der Waals surface area contributed by atoms with E-state index < -0.39 is 5.97 Å². The molecule has 25 heavy (non-hydrogen) atoms. The van der Waals surface area contributed by atoms with Gasteiger partial charge in [0.25, 0.3) is 0 Å². The van der Waals surface area contributed by atoms with E-state index in [1.54, 1.807) is 6.92 Å². The zero-order valence-corrected chi connectivity index (χ0v) is 15.4. The Balaban J connectivity index is 2.01. The molecule has 1 aliphatic rings. The number of benzene rings is 1. The van der Waals surface area contributed by atoms with Crippen LogP contribution >= 0.6 is 11.8 Å². The van der Waals surface area contributed by atoms with Gasteiger partial charge in [0.2, 0.25) is 11.8 Å². The molecule has 1 unspecified atom stereocenters. The first-order chi connectivity index (χ1) is 11.9. The fraction of sp³-hybridized carbons (Fsp3) is 0.389. The van der Waals surface area contributed by atoms with Crippen LogP contribution in [0.4, 0.5) is 0 Å². The van der Waals surface area contributed by atoms with Gasteiger partial charge < -0.3 is 10.1 Å². The minimum atomic E-state index is -0.515. The molecule has 1 aromatic rings. The highest BCUT2D eigenvalue weighted by atomic mass is 32.2. The molecule has 2 amide bonds. The Kier molecular flexibility index (Phi) is 6.64. The predicted molar refractivity (Wildman–Crippen MR) is 96.6 cm³/mol. The maximum Gasteiger partial charge on any atom is 0.333 e. The Hall–Kier alpha value is -2.28. The van der Waals surface area contributed by atoms with Crippen molar-refractivity contribution in [1.82, 2.24) is 10.2 Å². The van der Waals surface area contributed by atoms with Crippen LogP contribution in [-0.4, -0.2) is 41.6 Å². The van der Waals surface area contributed by atoms with E-state index in [9.17, 15) is 14.4 Å². The van der Waals surface area contributed by atoms with Gasteiger partial charge >= 0.3 is 5.97 Å². The number of thioether (sulfide) groups is 1. The molecule has 1 N–H and O–H groups in total. The van der Waals surface area contributed by atoms with Crippen LogP contribution in [0.3, 0.4) is 0 Å². The first-order valence-electron chi connectivity index (χ1n) is 8.09. The first kappa shape index (κ1) is 19.1. The van der Waals surface area contributed by atoms with Gasteiger partial charge in [-0.2, -0.15) is 0 Å². The maximum absolute atomic E-state index is 12.3. The SMILES string of the molecule is CCOC(=O)/C=C1\SCC(=O)N1CC(=O)NC(C)c1ccccc1C. The van der Waals surface area contributed by atoms with Gasteiger partial charge in [-0.05, 0) is 31.9 Å². The van der Waals surface area contributed by atoms with Crippen molar-refractivity contribution in [2.75, 3.05) is 18.9 Å². The number of ether oxygens (including phenoxy) is 1. The number of nitrogens with one attached hydrogen (secondary N) is 1. The van der Waals surface area contributed by atoms with Crippen LogP contribution in [0.2, 0.25) is 0 Å². The summed E-state index contributed by atoms with van der Waals surface area (Å²) in [5.74, 6) is -0.773. The number of amides is 2. The quantitative estimate of drug-likeness (QED) is 0.620. The minimum absolute atomic E-state index is 0.118. The van der Waals surface area contributed by atoms with Crippen molar-refractivity contribution in [2.45, 2.75) is 26.8 Å². The molecule has 1 saturated heterocycles. The molecule has 0 saturated carbocycles. The summed E-state index contributed by atoms with van der Waals surface area (Å²) in [7, 11) is 0. The molecule has 1 aliphatic heterocycles. The lowest BCUT2D eigenvalue weighted by Crippen LogP contribution is -2.38. The zero-order chi connectivity index (χ0) is 18.4. The van der Waals surface area contributed by atoms with Crippen molar-refractivity contribution < 1.29 is 19.1 Å². The summed E-state index contributed by atoms with van der Waals surface area (Å²) in [5.41, 5.74) is 2.12. The van der Waals surface area contributed by atoms with Crippen molar-refractivity contribution >= 4 is 29.5 Å². The largest absolute Gasteiger partial charge is 0.463 e. The third-order valence-corrected chi connectivity index (χ3v) is 4.80. The number of hydrogen-bond donors (Lipinski definition) is 1. The summed E-state index contributed by atoms with van der Waals surface area (Å²) >= 11 is 1.23. The molecule has 0 spiro atoms. The Morgan fingerprint density at radius 2 is 2.12 bits per heavy atom. The van der Waals surface area contributed by atoms with Gasteiger partial charge in [-0.1, -0.05) is 36.0 Å². The zero-order valence-electron chi connectivity index (χ0n) is 14.6. The Morgan fingerprint density at radius 3 is 2.80 bits per heavy atom. The highest BCUT2D eigenvalue weighted by Gasteiger charge is 2.29. The fourth-order valence-electron chi connectivity index (χ4n) is 2.57. The molecular weight excluding hydrogens is 340 g/mol. The van der Waals surface area contributed by atoms with E-state index in [1.165, 1.54) is 22.7 Å². The van der Waals surface area contributed by atoms with E-state index in [0.29, 0.717) is 5.03 Å². The average Bonchev–Trinajstić information content (AvgIpc) is 2.88. The molecule has 1 atom stereocenters.